The van der Waals surface area contributed by atoms with Crippen LogP contribution in [-0.2, 0) is 16.6 Å². The Morgan fingerprint density at radius 1 is 0.769 bits per heavy atom. The summed E-state index contributed by atoms with van der Waals surface area (Å²) in [7, 11) is -3.24. The summed E-state index contributed by atoms with van der Waals surface area (Å²) in [6, 6.07) is 15.0. The smallest absolute Gasteiger partial charge is 0.282 e. The topological polar surface area (TPSA) is 43.9 Å². The number of nitrogens with zero attached hydrogens (tertiary/aromatic N) is 3. The van der Waals surface area contributed by atoms with E-state index < -0.39 is 10.2 Å². The van der Waals surface area contributed by atoms with E-state index in [2.05, 4.69) is 47.4 Å². The Labute approximate surface area is 156 Å². The van der Waals surface area contributed by atoms with Gasteiger partial charge in [0.25, 0.3) is 10.2 Å². The van der Waals surface area contributed by atoms with E-state index in [-0.39, 0.29) is 0 Å². The van der Waals surface area contributed by atoms with Gasteiger partial charge in [0, 0.05) is 45.8 Å². The van der Waals surface area contributed by atoms with Gasteiger partial charge in [-0.05, 0) is 35.6 Å². The molecule has 2 aliphatic rings. The molecule has 0 N–H and O–H groups in total. The van der Waals surface area contributed by atoms with E-state index >= 15 is 0 Å². The maximum absolute atomic E-state index is 12.7. The molecule has 0 unspecified atom stereocenters. The van der Waals surface area contributed by atoms with E-state index in [9.17, 15) is 8.42 Å². The van der Waals surface area contributed by atoms with Crippen LogP contribution in [0.5, 0.6) is 0 Å². The van der Waals surface area contributed by atoms with E-state index in [1.54, 1.807) is 8.61 Å². The van der Waals surface area contributed by atoms with Gasteiger partial charge in [-0.15, -0.1) is 0 Å². The fourth-order valence-corrected chi connectivity index (χ4v) is 5.73. The molecule has 0 atom stereocenters. The van der Waals surface area contributed by atoms with E-state index in [4.69, 9.17) is 0 Å². The Kier molecular flexibility index (Phi) is 5.27. The normalized spacial score (nSPS) is 20.8. The van der Waals surface area contributed by atoms with Crippen LogP contribution >= 0.6 is 0 Å². The van der Waals surface area contributed by atoms with Gasteiger partial charge in [-0.3, -0.25) is 0 Å². The van der Waals surface area contributed by atoms with Gasteiger partial charge in [-0.25, -0.2) is 0 Å². The molecule has 6 heteroatoms. The van der Waals surface area contributed by atoms with Crippen LogP contribution in [0, 0.1) is 0 Å². The van der Waals surface area contributed by atoms with Crippen LogP contribution in [0.15, 0.2) is 42.5 Å². The third kappa shape index (κ3) is 3.64. The number of hydrogen-bond donors (Lipinski definition) is 0. The lowest BCUT2D eigenvalue weighted by molar-refractivity contribution is 0.184. The first-order valence-corrected chi connectivity index (χ1v) is 11.0. The Bertz CT molecular complexity index is 849. The number of hydrogen-bond acceptors (Lipinski definition) is 3. The minimum Gasteiger partial charge on any atom is -0.300 e. The Morgan fingerprint density at radius 2 is 1.42 bits per heavy atom. The summed E-state index contributed by atoms with van der Waals surface area (Å²) in [4.78, 5) is 2.39. The SMILES string of the molecule is O=S(=O)(N1CCCC1)N1CCN(CCc2cccc3ccccc23)CC1. The Morgan fingerprint density at radius 3 is 2.19 bits per heavy atom. The minimum absolute atomic E-state index is 0.606. The zero-order chi connectivity index (χ0) is 18.0. The standard InChI is InChI=1S/C20H27N3O2S/c24-26(25,22-11-3-4-12-22)23-16-14-21(15-17-23)13-10-19-8-5-7-18-6-1-2-9-20(18)19/h1-2,5-9H,3-4,10-17H2. The lowest BCUT2D eigenvalue weighted by Gasteiger charge is -2.35. The van der Waals surface area contributed by atoms with Crippen molar-refractivity contribution in [3.8, 4) is 0 Å². The highest BCUT2D eigenvalue weighted by Crippen LogP contribution is 2.20. The second-order valence-electron chi connectivity index (χ2n) is 7.24. The molecule has 5 nitrogen and oxygen atoms in total. The summed E-state index contributed by atoms with van der Waals surface area (Å²) >= 11 is 0. The fraction of sp³-hybridized carbons (Fsp3) is 0.500. The van der Waals surface area contributed by atoms with Crippen LogP contribution in [0.4, 0.5) is 0 Å². The van der Waals surface area contributed by atoms with Gasteiger partial charge < -0.3 is 4.90 Å². The molecule has 0 saturated carbocycles. The average Bonchev–Trinajstić information content (AvgIpc) is 3.22. The molecule has 0 aromatic heterocycles. The molecule has 0 aliphatic carbocycles. The molecule has 0 radical (unpaired) electrons. The Balaban J connectivity index is 1.34. The molecule has 0 bridgehead atoms. The predicted molar refractivity (Wildman–Crippen MR) is 105 cm³/mol. The van der Waals surface area contributed by atoms with Crippen molar-refractivity contribution in [2.45, 2.75) is 19.3 Å². The molecular weight excluding hydrogens is 346 g/mol. The molecule has 2 saturated heterocycles. The van der Waals surface area contributed by atoms with Gasteiger partial charge in [0.1, 0.15) is 0 Å². The zero-order valence-electron chi connectivity index (χ0n) is 15.2. The van der Waals surface area contributed by atoms with Gasteiger partial charge >= 0.3 is 0 Å². The van der Waals surface area contributed by atoms with Crippen molar-refractivity contribution < 1.29 is 8.42 Å². The van der Waals surface area contributed by atoms with Crippen molar-refractivity contribution >= 4 is 21.0 Å². The molecule has 26 heavy (non-hydrogen) atoms. The van der Waals surface area contributed by atoms with Crippen molar-refractivity contribution in [3.63, 3.8) is 0 Å². The third-order valence-corrected chi connectivity index (χ3v) is 7.66. The molecule has 2 aromatic rings. The zero-order valence-corrected chi connectivity index (χ0v) is 16.0. The number of rotatable bonds is 5. The van der Waals surface area contributed by atoms with Crippen LogP contribution in [0.25, 0.3) is 10.8 Å². The maximum Gasteiger partial charge on any atom is 0.282 e. The predicted octanol–water partition coefficient (Wildman–Crippen LogP) is 2.34. The Hall–Kier alpha value is -1.47. The van der Waals surface area contributed by atoms with Gasteiger partial charge in [-0.1, -0.05) is 42.5 Å². The molecule has 2 aromatic carbocycles. The lowest BCUT2D eigenvalue weighted by Crippen LogP contribution is -2.52. The fourth-order valence-electron chi connectivity index (χ4n) is 4.06. The number of piperazine rings is 1. The van der Waals surface area contributed by atoms with Gasteiger partial charge in [0.05, 0.1) is 0 Å². The maximum atomic E-state index is 12.7. The largest absolute Gasteiger partial charge is 0.300 e. The van der Waals surface area contributed by atoms with Crippen molar-refractivity contribution in [2.75, 3.05) is 45.8 Å². The summed E-state index contributed by atoms with van der Waals surface area (Å²) in [6.07, 6.45) is 2.98. The molecule has 2 fully saturated rings. The molecule has 2 aliphatic heterocycles. The van der Waals surface area contributed by atoms with Crippen molar-refractivity contribution in [2.24, 2.45) is 0 Å². The quantitative estimate of drug-likeness (QED) is 0.808. The number of fused-ring (bicyclic) bond motifs is 1. The van der Waals surface area contributed by atoms with Crippen LogP contribution in [-0.4, -0.2) is 67.7 Å². The van der Waals surface area contributed by atoms with Crippen molar-refractivity contribution in [3.05, 3.63) is 48.0 Å². The van der Waals surface area contributed by atoms with E-state index in [1.165, 1.54) is 16.3 Å². The van der Waals surface area contributed by atoms with Crippen LogP contribution in [0.1, 0.15) is 18.4 Å². The average molecular weight is 374 g/mol. The number of benzene rings is 2. The molecule has 0 amide bonds. The summed E-state index contributed by atoms with van der Waals surface area (Å²) < 4.78 is 28.6. The first-order valence-electron chi connectivity index (χ1n) is 9.59. The van der Waals surface area contributed by atoms with Crippen LogP contribution < -0.4 is 0 Å². The summed E-state index contributed by atoms with van der Waals surface area (Å²) in [5, 5.41) is 2.61. The molecular formula is C20H27N3O2S. The third-order valence-electron chi connectivity index (χ3n) is 5.63. The van der Waals surface area contributed by atoms with Crippen LogP contribution in [0.2, 0.25) is 0 Å². The first kappa shape index (κ1) is 17.9. The van der Waals surface area contributed by atoms with Crippen molar-refractivity contribution in [1.82, 2.24) is 13.5 Å². The first-order chi connectivity index (χ1) is 12.6. The highest BCUT2D eigenvalue weighted by Gasteiger charge is 2.33. The highest BCUT2D eigenvalue weighted by atomic mass is 32.2. The molecule has 4 rings (SSSR count). The highest BCUT2D eigenvalue weighted by molar-refractivity contribution is 7.86. The molecule has 0 spiro atoms. The van der Waals surface area contributed by atoms with Gasteiger partial charge in [0.2, 0.25) is 0 Å². The van der Waals surface area contributed by atoms with E-state index in [0.717, 1.165) is 38.9 Å². The second-order valence-corrected chi connectivity index (χ2v) is 9.17. The summed E-state index contributed by atoms with van der Waals surface area (Å²) in [5.74, 6) is 0. The minimum atomic E-state index is -3.24. The van der Waals surface area contributed by atoms with Gasteiger partial charge in [0.15, 0.2) is 0 Å². The van der Waals surface area contributed by atoms with Crippen molar-refractivity contribution in [1.29, 1.82) is 0 Å². The van der Waals surface area contributed by atoms with E-state index in [0.29, 0.717) is 26.2 Å². The molecule has 2 heterocycles. The van der Waals surface area contributed by atoms with E-state index in [1.807, 2.05) is 0 Å². The van der Waals surface area contributed by atoms with Crippen LogP contribution in [0.3, 0.4) is 0 Å². The summed E-state index contributed by atoms with van der Waals surface area (Å²) in [5.41, 5.74) is 1.37. The monoisotopic (exact) mass is 373 g/mol. The molecule has 140 valence electrons. The second kappa shape index (κ2) is 7.64. The lowest BCUT2D eigenvalue weighted by atomic mass is 10.0. The summed E-state index contributed by atoms with van der Waals surface area (Å²) in [6.45, 7) is 5.19. The van der Waals surface area contributed by atoms with Gasteiger partial charge in [-0.2, -0.15) is 17.0 Å².